The van der Waals surface area contributed by atoms with Gasteiger partial charge < -0.3 is 4.98 Å². The molecule has 0 spiro atoms. The van der Waals surface area contributed by atoms with Crippen LogP contribution in [0.5, 0.6) is 0 Å². The van der Waals surface area contributed by atoms with Gasteiger partial charge in [-0.3, -0.25) is 4.98 Å². The predicted octanol–water partition coefficient (Wildman–Crippen LogP) is 4.02. The summed E-state index contributed by atoms with van der Waals surface area (Å²) in [6.45, 7) is 0. The second-order valence-electron chi connectivity index (χ2n) is 3.76. The van der Waals surface area contributed by atoms with Gasteiger partial charge in [0.2, 0.25) is 0 Å². The van der Waals surface area contributed by atoms with E-state index in [-0.39, 0.29) is 5.02 Å². The van der Waals surface area contributed by atoms with Crippen molar-refractivity contribution in [3.8, 4) is 11.1 Å². The molecule has 0 aliphatic heterocycles. The van der Waals surface area contributed by atoms with Gasteiger partial charge >= 0.3 is 0 Å². The summed E-state index contributed by atoms with van der Waals surface area (Å²) < 4.78 is 13.1. The number of aromatic nitrogens is 2. The van der Waals surface area contributed by atoms with Gasteiger partial charge in [-0.05, 0) is 29.8 Å². The number of halogens is 2. The standard InChI is InChI=1S/C13H8ClFN2/c14-10-5-8(1-2-11(10)15)9-6-13-12(17-7-9)3-4-16-13/h1-7,16H. The summed E-state index contributed by atoms with van der Waals surface area (Å²) in [7, 11) is 0. The average molecular weight is 247 g/mol. The maximum atomic E-state index is 13.1. The van der Waals surface area contributed by atoms with Crippen LogP contribution >= 0.6 is 11.6 Å². The molecule has 2 heterocycles. The van der Waals surface area contributed by atoms with Crippen LogP contribution in [0.25, 0.3) is 22.2 Å². The molecule has 0 saturated heterocycles. The molecule has 0 fully saturated rings. The van der Waals surface area contributed by atoms with Crippen LogP contribution in [-0.4, -0.2) is 9.97 Å². The maximum absolute atomic E-state index is 13.1. The minimum absolute atomic E-state index is 0.120. The molecule has 17 heavy (non-hydrogen) atoms. The third-order valence-corrected chi connectivity index (χ3v) is 2.94. The van der Waals surface area contributed by atoms with Crippen molar-refractivity contribution in [3.63, 3.8) is 0 Å². The largest absolute Gasteiger partial charge is 0.360 e. The second-order valence-corrected chi connectivity index (χ2v) is 4.17. The van der Waals surface area contributed by atoms with Crippen molar-refractivity contribution in [1.29, 1.82) is 0 Å². The molecule has 2 aromatic heterocycles. The lowest BCUT2D eigenvalue weighted by Gasteiger charge is -2.02. The summed E-state index contributed by atoms with van der Waals surface area (Å²) in [6, 6.07) is 8.51. The van der Waals surface area contributed by atoms with Crippen LogP contribution in [-0.2, 0) is 0 Å². The number of nitrogens with zero attached hydrogens (tertiary/aromatic N) is 1. The van der Waals surface area contributed by atoms with Crippen LogP contribution < -0.4 is 0 Å². The Morgan fingerprint density at radius 1 is 1.12 bits per heavy atom. The smallest absolute Gasteiger partial charge is 0.141 e. The van der Waals surface area contributed by atoms with Crippen LogP contribution in [0, 0.1) is 5.82 Å². The summed E-state index contributed by atoms with van der Waals surface area (Å²) in [4.78, 5) is 7.39. The average Bonchev–Trinajstić information content (AvgIpc) is 2.79. The Bertz CT molecular complexity index is 691. The van der Waals surface area contributed by atoms with Gasteiger partial charge in [-0.15, -0.1) is 0 Å². The van der Waals surface area contributed by atoms with E-state index in [1.807, 2.05) is 18.3 Å². The molecule has 0 amide bonds. The van der Waals surface area contributed by atoms with Gasteiger partial charge in [0.1, 0.15) is 5.82 Å². The van der Waals surface area contributed by atoms with Crippen molar-refractivity contribution in [2.24, 2.45) is 0 Å². The van der Waals surface area contributed by atoms with E-state index in [2.05, 4.69) is 9.97 Å². The Morgan fingerprint density at radius 2 is 2.00 bits per heavy atom. The monoisotopic (exact) mass is 246 g/mol. The number of H-pyrrole nitrogens is 1. The Kier molecular flexibility index (Phi) is 2.34. The normalized spacial score (nSPS) is 10.9. The van der Waals surface area contributed by atoms with Gasteiger partial charge in [0, 0.05) is 18.0 Å². The Labute approximate surface area is 102 Å². The molecule has 0 atom stereocenters. The minimum Gasteiger partial charge on any atom is -0.360 e. The van der Waals surface area contributed by atoms with Crippen LogP contribution in [0.3, 0.4) is 0 Å². The lowest BCUT2D eigenvalue weighted by molar-refractivity contribution is 0.628. The van der Waals surface area contributed by atoms with Gasteiger partial charge in [-0.2, -0.15) is 0 Å². The van der Waals surface area contributed by atoms with Crippen LogP contribution in [0.1, 0.15) is 0 Å². The lowest BCUT2D eigenvalue weighted by atomic mass is 10.1. The zero-order chi connectivity index (χ0) is 11.8. The Morgan fingerprint density at radius 3 is 2.82 bits per heavy atom. The predicted molar refractivity (Wildman–Crippen MR) is 66.5 cm³/mol. The number of nitrogens with one attached hydrogen (secondary N) is 1. The van der Waals surface area contributed by atoms with Gasteiger partial charge in [0.25, 0.3) is 0 Å². The Balaban J connectivity index is 2.16. The lowest BCUT2D eigenvalue weighted by Crippen LogP contribution is -1.83. The third kappa shape index (κ3) is 1.78. The fourth-order valence-electron chi connectivity index (χ4n) is 1.77. The molecule has 0 radical (unpaired) electrons. The number of fused-ring (bicyclic) bond motifs is 1. The van der Waals surface area contributed by atoms with Gasteiger partial charge in [-0.1, -0.05) is 17.7 Å². The molecule has 0 saturated carbocycles. The van der Waals surface area contributed by atoms with Gasteiger partial charge in [-0.25, -0.2) is 4.39 Å². The number of hydrogen-bond acceptors (Lipinski definition) is 1. The first kappa shape index (κ1) is 10.3. The summed E-state index contributed by atoms with van der Waals surface area (Å²) in [5, 5.41) is 0.120. The SMILES string of the molecule is Fc1ccc(-c2cnc3cc[nH]c3c2)cc1Cl. The highest BCUT2D eigenvalue weighted by Gasteiger charge is 2.05. The van der Waals surface area contributed by atoms with Crippen LogP contribution in [0.2, 0.25) is 5.02 Å². The van der Waals surface area contributed by atoms with Gasteiger partial charge in [0.15, 0.2) is 0 Å². The summed E-state index contributed by atoms with van der Waals surface area (Å²) in [5.41, 5.74) is 3.60. The quantitative estimate of drug-likeness (QED) is 0.690. The fourth-order valence-corrected chi connectivity index (χ4v) is 1.95. The van der Waals surface area contributed by atoms with Crippen molar-refractivity contribution in [3.05, 3.63) is 53.6 Å². The highest BCUT2D eigenvalue weighted by atomic mass is 35.5. The van der Waals surface area contributed by atoms with E-state index in [4.69, 9.17) is 11.6 Å². The van der Waals surface area contributed by atoms with Crippen molar-refractivity contribution in [2.45, 2.75) is 0 Å². The molecule has 0 unspecified atom stereocenters. The van der Waals surface area contributed by atoms with E-state index in [9.17, 15) is 4.39 Å². The molecular weight excluding hydrogens is 239 g/mol. The number of aromatic amines is 1. The van der Waals surface area contributed by atoms with Crippen molar-refractivity contribution in [2.75, 3.05) is 0 Å². The molecule has 0 aliphatic carbocycles. The molecular formula is C13H8ClFN2. The third-order valence-electron chi connectivity index (χ3n) is 2.65. The minimum atomic E-state index is -0.413. The van der Waals surface area contributed by atoms with E-state index >= 15 is 0 Å². The molecule has 3 rings (SSSR count). The molecule has 4 heteroatoms. The van der Waals surface area contributed by atoms with E-state index in [0.29, 0.717) is 0 Å². The first-order valence-corrected chi connectivity index (χ1v) is 5.50. The maximum Gasteiger partial charge on any atom is 0.141 e. The topological polar surface area (TPSA) is 28.7 Å². The number of pyridine rings is 1. The number of hydrogen-bond donors (Lipinski definition) is 1. The Hall–Kier alpha value is -1.87. The molecule has 0 bridgehead atoms. The fraction of sp³-hybridized carbons (Fsp3) is 0. The van der Waals surface area contributed by atoms with Crippen molar-refractivity contribution < 1.29 is 4.39 Å². The molecule has 84 valence electrons. The molecule has 3 aromatic rings. The first-order valence-electron chi connectivity index (χ1n) is 5.12. The molecule has 1 N–H and O–H groups in total. The summed E-state index contributed by atoms with van der Waals surface area (Å²) >= 11 is 5.76. The van der Waals surface area contributed by atoms with E-state index in [1.165, 1.54) is 6.07 Å². The molecule has 0 aliphatic rings. The van der Waals surface area contributed by atoms with Crippen LogP contribution in [0.15, 0.2) is 42.7 Å². The van der Waals surface area contributed by atoms with Gasteiger partial charge in [0.05, 0.1) is 16.1 Å². The number of rotatable bonds is 1. The highest BCUT2D eigenvalue weighted by Crippen LogP contribution is 2.26. The molecule has 1 aromatic carbocycles. The first-order chi connectivity index (χ1) is 8.24. The van der Waals surface area contributed by atoms with Crippen molar-refractivity contribution >= 4 is 22.6 Å². The van der Waals surface area contributed by atoms with E-state index in [0.717, 1.165) is 22.2 Å². The van der Waals surface area contributed by atoms with E-state index < -0.39 is 5.82 Å². The van der Waals surface area contributed by atoms with Crippen LogP contribution in [0.4, 0.5) is 4.39 Å². The summed E-state index contributed by atoms with van der Waals surface area (Å²) in [6.07, 6.45) is 3.58. The van der Waals surface area contributed by atoms with Crippen molar-refractivity contribution in [1.82, 2.24) is 9.97 Å². The summed E-state index contributed by atoms with van der Waals surface area (Å²) in [5.74, 6) is -0.413. The zero-order valence-corrected chi connectivity index (χ0v) is 9.50. The zero-order valence-electron chi connectivity index (χ0n) is 8.74. The highest BCUT2D eigenvalue weighted by molar-refractivity contribution is 6.31. The molecule has 2 nitrogen and oxygen atoms in total. The second kappa shape index (κ2) is 3.86. The number of benzene rings is 1. The van der Waals surface area contributed by atoms with E-state index in [1.54, 1.807) is 18.3 Å².